The molecule has 0 saturated carbocycles. The highest BCUT2D eigenvalue weighted by atomic mass is 32.2. The lowest BCUT2D eigenvalue weighted by atomic mass is 10.0. The standard InChI is InChI=1S/C22H29N3O3S2/c1-17(19-9-5-3-6-10-19)15-24-22(26)18(2)29-21-12-11-20(16-23-21)30(27,28)25-13-7-4-8-14-25/h3,5-6,9-12,16-18H,4,7-8,13-15H2,1-2H3,(H,24,26). The Morgan fingerprint density at radius 3 is 2.43 bits per heavy atom. The number of carbonyl (C=O) groups excluding carboxylic acids is 1. The highest BCUT2D eigenvalue weighted by Crippen LogP contribution is 2.25. The molecule has 1 amide bonds. The van der Waals surface area contributed by atoms with E-state index in [-0.39, 0.29) is 22.0 Å². The third-order valence-corrected chi connectivity index (χ3v) is 8.21. The van der Waals surface area contributed by atoms with Crippen molar-refractivity contribution in [3.8, 4) is 0 Å². The van der Waals surface area contributed by atoms with E-state index < -0.39 is 10.0 Å². The van der Waals surface area contributed by atoms with E-state index in [1.165, 1.54) is 27.8 Å². The van der Waals surface area contributed by atoms with Crippen molar-refractivity contribution in [3.05, 3.63) is 54.2 Å². The molecular weight excluding hydrogens is 418 g/mol. The average molecular weight is 448 g/mol. The van der Waals surface area contributed by atoms with Crippen molar-refractivity contribution in [2.45, 2.75) is 54.2 Å². The summed E-state index contributed by atoms with van der Waals surface area (Å²) in [6.45, 7) is 5.60. The van der Waals surface area contributed by atoms with Gasteiger partial charge in [0.25, 0.3) is 0 Å². The van der Waals surface area contributed by atoms with Crippen LogP contribution in [0.3, 0.4) is 0 Å². The molecule has 1 N–H and O–H groups in total. The highest BCUT2D eigenvalue weighted by Gasteiger charge is 2.26. The van der Waals surface area contributed by atoms with E-state index in [1.54, 1.807) is 12.1 Å². The van der Waals surface area contributed by atoms with Crippen molar-refractivity contribution < 1.29 is 13.2 Å². The molecule has 8 heteroatoms. The van der Waals surface area contributed by atoms with Gasteiger partial charge < -0.3 is 5.32 Å². The number of thioether (sulfide) groups is 1. The number of hydrogen-bond donors (Lipinski definition) is 1. The molecular formula is C22H29N3O3S2. The van der Waals surface area contributed by atoms with E-state index in [9.17, 15) is 13.2 Å². The fourth-order valence-corrected chi connectivity index (χ4v) is 5.65. The zero-order valence-corrected chi connectivity index (χ0v) is 19.1. The molecule has 3 rings (SSSR count). The Morgan fingerprint density at radius 2 is 1.80 bits per heavy atom. The van der Waals surface area contributed by atoms with Gasteiger partial charge in [0, 0.05) is 25.8 Å². The summed E-state index contributed by atoms with van der Waals surface area (Å²) in [6.07, 6.45) is 4.27. The Morgan fingerprint density at radius 1 is 1.10 bits per heavy atom. The van der Waals surface area contributed by atoms with E-state index in [4.69, 9.17) is 0 Å². The lowest BCUT2D eigenvalue weighted by Crippen LogP contribution is -2.35. The van der Waals surface area contributed by atoms with Gasteiger partial charge >= 0.3 is 0 Å². The van der Waals surface area contributed by atoms with Crippen LogP contribution in [0, 0.1) is 0 Å². The number of amides is 1. The molecule has 1 aliphatic rings. The molecule has 2 heterocycles. The van der Waals surface area contributed by atoms with Gasteiger partial charge in [-0.2, -0.15) is 4.31 Å². The second-order valence-corrected chi connectivity index (χ2v) is 10.9. The van der Waals surface area contributed by atoms with Crippen LogP contribution in [-0.2, 0) is 14.8 Å². The van der Waals surface area contributed by atoms with E-state index in [0.717, 1.165) is 19.3 Å². The summed E-state index contributed by atoms with van der Waals surface area (Å²) in [5, 5.41) is 3.29. The molecule has 2 aromatic rings. The van der Waals surface area contributed by atoms with Crippen molar-refractivity contribution in [1.29, 1.82) is 0 Å². The predicted molar refractivity (Wildman–Crippen MR) is 120 cm³/mol. The monoisotopic (exact) mass is 447 g/mol. The molecule has 2 unspecified atom stereocenters. The molecule has 0 bridgehead atoms. The van der Waals surface area contributed by atoms with Crippen molar-refractivity contribution >= 4 is 27.7 Å². The van der Waals surface area contributed by atoms with Gasteiger partial charge in [-0.3, -0.25) is 4.79 Å². The lowest BCUT2D eigenvalue weighted by molar-refractivity contribution is -0.120. The second-order valence-electron chi connectivity index (χ2n) is 7.61. The van der Waals surface area contributed by atoms with Crippen molar-refractivity contribution in [2.24, 2.45) is 0 Å². The quantitative estimate of drug-likeness (QED) is 0.625. The number of pyridine rings is 1. The minimum Gasteiger partial charge on any atom is -0.355 e. The Bertz CT molecular complexity index is 928. The first-order chi connectivity index (χ1) is 14.4. The van der Waals surface area contributed by atoms with Gasteiger partial charge in [0.05, 0.1) is 10.3 Å². The number of benzene rings is 1. The van der Waals surface area contributed by atoms with Gasteiger partial charge in [-0.15, -0.1) is 0 Å². The molecule has 1 aromatic carbocycles. The van der Waals surface area contributed by atoms with Crippen LogP contribution >= 0.6 is 11.8 Å². The molecule has 1 aromatic heterocycles. The number of carbonyl (C=O) groups is 1. The van der Waals surface area contributed by atoms with E-state index >= 15 is 0 Å². The molecule has 0 aliphatic carbocycles. The fourth-order valence-electron chi connectivity index (χ4n) is 3.37. The molecule has 1 fully saturated rings. The summed E-state index contributed by atoms with van der Waals surface area (Å²) in [7, 11) is -3.49. The summed E-state index contributed by atoms with van der Waals surface area (Å²) >= 11 is 1.32. The first kappa shape index (κ1) is 22.8. The summed E-state index contributed by atoms with van der Waals surface area (Å²) in [6, 6.07) is 13.3. The first-order valence-corrected chi connectivity index (χ1v) is 12.7. The number of sulfonamides is 1. The SMILES string of the molecule is CC(Sc1ccc(S(=O)(=O)N2CCCCC2)cn1)C(=O)NCC(C)c1ccccc1. The largest absolute Gasteiger partial charge is 0.355 e. The summed E-state index contributed by atoms with van der Waals surface area (Å²) in [4.78, 5) is 16.9. The van der Waals surface area contributed by atoms with Gasteiger partial charge in [-0.05, 0) is 43.4 Å². The number of rotatable bonds is 8. The molecule has 30 heavy (non-hydrogen) atoms. The molecule has 1 aliphatic heterocycles. The smallest absolute Gasteiger partial charge is 0.244 e. The Hall–Kier alpha value is -1.90. The number of piperidine rings is 1. The molecule has 0 spiro atoms. The van der Waals surface area contributed by atoms with E-state index in [1.807, 2.05) is 25.1 Å². The minimum atomic E-state index is -3.49. The van der Waals surface area contributed by atoms with Crippen molar-refractivity contribution in [1.82, 2.24) is 14.6 Å². The van der Waals surface area contributed by atoms with Gasteiger partial charge in [0.2, 0.25) is 15.9 Å². The molecule has 1 saturated heterocycles. The zero-order valence-electron chi connectivity index (χ0n) is 17.5. The summed E-state index contributed by atoms with van der Waals surface area (Å²) < 4.78 is 27.0. The minimum absolute atomic E-state index is 0.0606. The maximum atomic E-state index is 12.7. The molecule has 162 valence electrons. The number of nitrogens with one attached hydrogen (secondary N) is 1. The second kappa shape index (κ2) is 10.4. The molecule has 2 atom stereocenters. The van der Waals surface area contributed by atoms with Crippen LogP contribution in [0.1, 0.15) is 44.6 Å². The number of aromatic nitrogens is 1. The maximum absolute atomic E-state index is 12.7. The van der Waals surface area contributed by atoms with Crippen LogP contribution in [0.25, 0.3) is 0 Å². The van der Waals surface area contributed by atoms with Gasteiger partial charge in [0.15, 0.2) is 0 Å². The predicted octanol–water partition coefficient (Wildman–Crippen LogP) is 3.66. The molecule has 0 radical (unpaired) electrons. The van der Waals surface area contributed by atoms with Crippen molar-refractivity contribution in [3.63, 3.8) is 0 Å². The zero-order chi connectivity index (χ0) is 21.6. The first-order valence-electron chi connectivity index (χ1n) is 10.3. The van der Waals surface area contributed by atoms with Gasteiger partial charge in [0.1, 0.15) is 4.90 Å². The summed E-state index contributed by atoms with van der Waals surface area (Å²) in [5.74, 6) is 0.166. The maximum Gasteiger partial charge on any atom is 0.244 e. The third-order valence-electron chi connectivity index (χ3n) is 5.28. The van der Waals surface area contributed by atoms with Gasteiger partial charge in [-0.25, -0.2) is 13.4 Å². The molecule has 6 nitrogen and oxygen atoms in total. The Balaban J connectivity index is 1.53. The normalized spacial score (nSPS) is 17.3. The highest BCUT2D eigenvalue weighted by molar-refractivity contribution is 8.00. The van der Waals surface area contributed by atoms with Crippen molar-refractivity contribution in [2.75, 3.05) is 19.6 Å². The Kier molecular flexibility index (Phi) is 7.91. The fraction of sp³-hybridized carbons (Fsp3) is 0.455. The topological polar surface area (TPSA) is 79.4 Å². The number of hydrogen-bond acceptors (Lipinski definition) is 5. The van der Waals surface area contributed by atoms with Crippen LogP contribution in [0.4, 0.5) is 0 Å². The summed E-state index contributed by atoms with van der Waals surface area (Å²) in [5.41, 5.74) is 1.19. The van der Waals surface area contributed by atoms with E-state index in [2.05, 4.69) is 29.4 Å². The number of nitrogens with zero attached hydrogens (tertiary/aromatic N) is 2. The van der Waals surface area contributed by atoms with Crippen LogP contribution in [0.5, 0.6) is 0 Å². The van der Waals surface area contributed by atoms with Crippen LogP contribution in [0.15, 0.2) is 58.6 Å². The van der Waals surface area contributed by atoms with Gasteiger partial charge in [-0.1, -0.05) is 55.4 Å². The third kappa shape index (κ3) is 5.83. The average Bonchev–Trinajstić information content (AvgIpc) is 2.78. The van der Waals surface area contributed by atoms with Crippen LogP contribution in [-0.4, -0.2) is 48.5 Å². The lowest BCUT2D eigenvalue weighted by Gasteiger charge is -2.25. The van der Waals surface area contributed by atoms with Crippen LogP contribution in [0.2, 0.25) is 0 Å². The van der Waals surface area contributed by atoms with E-state index in [0.29, 0.717) is 24.7 Å². The van der Waals surface area contributed by atoms with Crippen LogP contribution < -0.4 is 5.32 Å². The Labute approximate surface area is 183 Å².